The first kappa shape index (κ1) is 18.2. The number of amides is 1. The number of methoxy groups -OCH3 is 1. The average molecular weight is 335 g/mol. The first-order valence-corrected chi connectivity index (χ1v) is 8.19. The van der Waals surface area contributed by atoms with Crippen LogP contribution in [0.2, 0.25) is 0 Å². The van der Waals surface area contributed by atoms with Gasteiger partial charge in [0.2, 0.25) is 5.91 Å². The van der Waals surface area contributed by atoms with Crippen LogP contribution in [0.4, 0.5) is 11.4 Å². The van der Waals surface area contributed by atoms with Gasteiger partial charge in [-0.25, -0.2) is 0 Å². The Morgan fingerprint density at radius 2 is 2.00 bits per heavy atom. The number of carbonyl (C=O) groups is 1. The summed E-state index contributed by atoms with van der Waals surface area (Å²) >= 11 is 0. The number of piperidine rings is 1. The van der Waals surface area contributed by atoms with Crippen molar-refractivity contribution in [2.75, 3.05) is 25.5 Å². The summed E-state index contributed by atoms with van der Waals surface area (Å²) in [4.78, 5) is 25.2. The average Bonchev–Trinajstić information content (AvgIpc) is 2.52. The monoisotopic (exact) mass is 335 g/mol. The summed E-state index contributed by atoms with van der Waals surface area (Å²) in [5, 5.41) is 13.7. The number of nitro benzene ring substituents is 1. The number of carbonyl (C=O) groups excluding carboxylic acids is 1. The molecule has 1 N–H and O–H groups in total. The minimum atomic E-state index is -0.494. The molecule has 0 bridgehead atoms. The quantitative estimate of drug-likeness (QED) is 0.660. The van der Waals surface area contributed by atoms with E-state index in [0.29, 0.717) is 23.3 Å². The van der Waals surface area contributed by atoms with Gasteiger partial charge in [-0.2, -0.15) is 0 Å². The summed E-state index contributed by atoms with van der Waals surface area (Å²) < 4.78 is 5.19. The van der Waals surface area contributed by atoms with Gasteiger partial charge in [0.1, 0.15) is 5.75 Å². The molecule has 1 aliphatic rings. The Bertz CT molecular complexity index is 610. The fourth-order valence-electron chi connectivity index (χ4n) is 3.34. The van der Waals surface area contributed by atoms with Crippen molar-refractivity contribution >= 4 is 17.3 Å². The molecule has 1 heterocycles. The van der Waals surface area contributed by atoms with Crippen molar-refractivity contribution in [3.63, 3.8) is 0 Å². The number of non-ortho nitro benzene ring substituents is 1. The second kappa shape index (κ2) is 7.61. The minimum Gasteiger partial charge on any atom is -0.495 e. The van der Waals surface area contributed by atoms with E-state index >= 15 is 0 Å². The lowest BCUT2D eigenvalue weighted by Gasteiger charge is -2.38. The highest BCUT2D eigenvalue weighted by atomic mass is 16.6. The summed E-state index contributed by atoms with van der Waals surface area (Å²) in [5.74, 6) is 1.32. The van der Waals surface area contributed by atoms with Crippen LogP contribution < -0.4 is 10.1 Å². The van der Waals surface area contributed by atoms with Crippen LogP contribution in [0.15, 0.2) is 18.2 Å². The van der Waals surface area contributed by atoms with Crippen molar-refractivity contribution < 1.29 is 14.5 Å². The van der Waals surface area contributed by atoms with Crippen LogP contribution in [0, 0.1) is 22.0 Å². The number of nitrogens with zero attached hydrogens (tertiary/aromatic N) is 2. The molecule has 0 unspecified atom stereocenters. The first-order chi connectivity index (χ1) is 11.3. The van der Waals surface area contributed by atoms with Gasteiger partial charge in [0, 0.05) is 25.2 Å². The van der Waals surface area contributed by atoms with Crippen LogP contribution in [-0.2, 0) is 4.79 Å². The first-order valence-electron chi connectivity index (χ1n) is 8.19. The molecule has 2 rings (SSSR count). The van der Waals surface area contributed by atoms with E-state index in [4.69, 9.17) is 4.74 Å². The normalized spacial score (nSPS) is 22.7. The van der Waals surface area contributed by atoms with E-state index in [1.54, 1.807) is 0 Å². The molecule has 1 saturated heterocycles. The second-order valence-electron chi connectivity index (χ2n) is 6.71. The van der Waals surface area contributed by atoms with Gasteiger partial charge in [0.25, 0.3) is 5.69 Å². The van der Waals surface area contributed by atoms with Gasteiger partial charge in [-0.15, -0.1) is 0 Å². The van der Waals surface area contributed by atoms with Crippen LogP contribution in [-0.4, -0.2) is 42.0 Å². The number of anilines is 1. The summed E-state index contributed by atoms with van der Waals surface area (Å²) in [6, 6.07) is 3.86. The zero-order valence-corrected chi connectivity index (χ0v) is 14.6. The standard InChI is InChI=1S/C17H25N3O4/c1-11-7-12(2)10-19(9-11)13(3)17(21)18-15-8-14(20(22)23)5-6-16(15)24-4/h5-6,8,11-13H,7,9-10H2,1-4H3,(H,18,21)/t11-,12-,13-/m0/s1. The molecule has 132 valence electrons. The fourth-order valence-corrected chi connectivity index (χ4v) is 3.34. The van der Waals surface area contributed by atoms with Gasteiger partial charge in [0.15, 0.2) is 0 Å². The van der Waals surface area contributed by atoms with Gasteiger partial charge in [-0.05, 0) is 31.2 Å². The van der Waals surface area contributed by atoms with Gasteiger partial charge in [-0.1, -0.05) is 13.8 Å². The molecule has 3 atom stereocenters. The summed E-state index contributed by atoms with van der Waals surface area (Å²) in [6.07, 6.45) is 1.17. The molecule has 1 fully saturated rings. The Hall–Kier alpha value is -2.15. The maximum Gasteiger partial charge on any atom is 0.271 e. The SMILES string of the molecule is COc1ccc([N+](=O)[O-])cc1NC(=O)[C@H](C)N1C[C@@H](C)C[C@H](C)C1. The van der Waals surface area contributed by atoms with E-state index in [2.05, 4.69) is 24.1 Å². The highest BCUT2D eigenvalue weighted by Crippen LogP contribution is 2.29. The molecule has 7 nitrogen and oxygen atoms in total. The van der Waals surface area contributed by atoms with Crippen LogP contribution >= 0.6 is 0 Å². The Labute approximate surface area is 142 Å². The van der Waals surface area contributed by atoms with Crippen LogP contribution in [0.25, 0.3) is 0 Å². The molecule has 1 amide bonds. The van der Waals surface area contributed by atoms with Crippen molar-refractivity contribution in [1.82, 2.24) is 4.90 Å². The molecule has 24 heavy (non-hydrogen) atoms. The van der Waals surface area contributed by atoms with Crippen molar-refractivity contribution in [2.45, 2.75) is 33.2 Å². The number of hydrogen-bond acceptors (Lipinski definition) is 5. The topological polar surface area (TPSA) is 84.7 Å². The van der Waals surface area contributed by atoms with Crippen molar-refractivity contribution in [3.8, 4) is 5.75 Å². The molecule has 0 aromatic heterocycles. The van der Waals surface area contributed by atoms with Crippen LogP contribution in [0.1, 0.15) is 27.2 Å². The van der Waals surface area contributed by atoms with Gasteiger partial charge < -0.3 is 10.1 Å². The van der Waals surface area contributed by atoms with Gasteiger partial charge in [0.05, 0.1) is 23.8 Å². The van der Waals surface area contributed by atoms with E-state index < -0.39 is 4.92 Å². The third kappa shape index (κ3) is 4.23. The van der Waals surface area contributed by atoms with Crippen LogP contribution in [0.3, 0.4) is 0 Å². The number of benzene rings is 1. The number of rotatable bonds is 5. The molecule has 1 aromatic rings. The Morgan fingerprint density at radius 1 is 1.38 bits per heavy atom. The smallest absolute Gasteiger partial charge is 0.271 e. The van der Waals surface area contributed by atoms with E-state index in [-0.39, 0.29) is 17.6 Å². The Morgan fingerprint density at radius 3 is 2.54 bits per heavy atom. The summed E-state index contributed by atoms with van der Waals surface area (Å²) in [5.41, 5.74) is 0.237. The fraction of sp³-hybridized carbons (Fsp3) is 0.588. The van der Waals surface area contributed by atoms with E-state index in [0.717, 1.165) is 13.1 Å². The zero-order chi connectivity index (χ0) is 17.9. The lowest BCUT2D eigenvalue weighted by Crippen LogP contribution is -2.48. The third-order valence-corrected chi connectivity index (χ3v) is 4.48. The Balaban J connectivity index is 2.13. The van der Waals surface area contributed by atoms with Crippen LogP contribution in [0.5, 0.6) is 5.75 Å². The van der Waals surface area contributed by atoms with E-state index in [9.17, 15) is 14.9 Å². The lowest BCUT2D eigenvalue weighted by molar-refractivity contribution is -0.384. The highest BCUT2D eigenvalue weighted by Gasteiger charge is 2.29. The molecule has 0 aliphatic carbocycles. The van der Waals surface area contributed by atoms with E-state index in [1.807, 2.05) is 6.92 Å². The number of likely N-dealkylation sites (tertiary alicyclic amines) is 1. The maximum atomic E-state index is 12.6. The number of ether oxygens (including phenoxy) is 1. The second-order valence-corrected chi connectivity index (χ2v) is 6.71. The van der Waals surface area contributed by atoms with Crippen molar-refractivity contribution in [2.24, 2.45) is 11.8 Å². The lowest BCUT2D eigenvalue weighted by atomic mass is 9.91. The minimum absolute atomic E-state index is 0.0843. The van der Waals surface area contributed by atoms with Gasteiger partial charge >= 0.3 is 0 Å². The number of hydrogen-bond donors (Lipinski definition) is 1. The molecular formula is C17H25N3O4. The van der Waals surface area contributed by atoms with Crippen molar-refractivity contribution in [3.05, 3.63) is 28.3 Å². The number of nitro groups is 1. The van der Waals surface area contributed by atoms with Crippen molar-refractivity contribution in [1.29, 1.82) is 0 Å². The third-order valence-electron chi connectivity index (χ3n) is 4.48. The zero-order valence-electron chi connectivity index (χ0n) is 14.6. The molecule has 0 radical (unpaired) electrons. The maximum absolute atomic E-state index is 12.6. The van der Waals surface area contributed by atoms with E-state index in [1.165, 1.54) is 31.7 Å². The summed E-state index contributed by atoms with van der Waals surface area (Å²) in [6.45, 7) is 8.01. The molecular weight excluding hydrogens is 310 g/mol. The highest BCUT2D eigenvalue weighted by molar-refractivity contribution is 5.96. The molecule has 0 saturated carbocycles. The molecule has 1 aromatic carbocycles. The summed E-state index contributed by atoms with van der Waals surface area (Å²) in [7, 11) is 1.47. The Kier molecular flexibility index (Phi) is 5.77. The largest absolute Gasteiger partial charge is 0.495 e. The number of nitrogens with one attached hydrogen (secondary N) is 1. The molecule has 1 aliphatic heterocycles. The molecule has 0 spiro atoms. The molecule has 7 heteroatoms. The van der Waals surface area contributed by atoms with Gasteiger partial charge in [-0.3, -0.25) is 19.8 Å². The predicted molar refractivity (Wildman–Crippen MR) is 92.3 cm³/mol. The predicted octanol–water partition coefficient (Wildman–Crippen LogP) is 2.91.